The summed E-state index contributed by atoms with van der Waals surface area (Å²) in [4.78, 5) is 16.8. The molecule has 2 aromatic carbocycles. The Morgan fingerprint density at radius 2 is 1.79 bits per heavy atom. The van der Waals surface area contributed by atoms with Crippen molar-refractivity contribution in [1.82, 2.24) is 10.3 Å². The van der Waals surface area contributed by atoms with E-state index in [9.17, 15) is 4.79 Å². The summed E-state index contributed by atoms with van der Waals surface area (Å²) in [6.45, 7) is 0. The maximum absolute atomic E-state index is 12.4. The number of carbonyl (C=O) groups excluding carboxylic acids is 1. The molecule has 0 spiro atoms. The number of rotatable bonds is 3. The monoisotopic (exact) mass is 447 g/mol. The van der Waals surface area contributed by atoms with Gasteiger partial charge >= 0.3 is 0 Å². The summed E-state index contributed by atoms with van der Waals surface area (Å²) in [5.41, 5.74) is 1.61. The molecule has 0 radical (unpaired) electrons. The Morgan fingerprint density at radius 3 is 2.57 bits per heavy atom. The Hall–Kier alpha value is -2.45. The van der Waals surface area contributed by atoms with Gasteiger partial charge in [-0.25, -0.2) is 4.98 Å². The minimum Gasteiger partial charge on any atom is -0.451 e. The third-order valence-electron chi connectivity index (χ3n) is 3.76. The van der Waals surface area contributed by atoms with E-state index in [2.05, 4.69) is 15.6 Å². The van der Waals surface area contributed by atoms with Crippen LogP contribution in [0.25, 0.3) is 21.5 Å². The molecule has 2 aromatic heterocycles. The van der Waals surface area contributed by atoms with E-state index in [0.29, 0.717) is 20.9 Å². The second-order valence-corrected chi connectivity index (χ2v) is 8.02. The van der Waals surface area contributed by atoms with Gasteiger partial charge in [-0.3, -0.25) is 10.1 Å². The Morgan fingerprint density at radius 1 is 1.04 bits per heavy atom. The number of furan rings is 1. The third kappa shape index (κ3) is 4.18. The molecule has 2 N–H and O–H groups in total. The molecule has 5 nitrogen and oxygen atoms in total. The molecule has 28 heavy (non-hydrogen) atoms. The first kappa shape index (κ1) is 18.9. The first-order valence-corrected chi connectivity index (χ1v) is 10.0. The zero-order valence-electron chi connectivity index (χ0n) is 14.0. The van der Waals surface area contributed by atoms with Gasteiger partial charge in [-0.05, 0) is 66.8 Å². The maximum atomic E-state index is 12.4. The van der Waals surface area contributed by atoms with Crippen molar-refractivity contribution in [2.75, 3.05) is 5.32 Å². The summed E-state index contributed by atoms with van der Waals surface area (Å²) in [6, 6.07) is 15.8. The van der Waals surface area contributed by atoms with Gasteiger partial charge in [0.05, 0.1) is 10.2 Å². The van der Waals surface area contributed by atoms with Crippen LogP contribution in [0.5, 0.6) is 0 Å². The molecular formula is C19H11Cl2N3O2S2. The van der Waals surface area contributed by atoms with Crippen molar-refractivity contribution in [3.05, 3.63) is 70.4 Å². The van der Waals surface area contributed by atoms with Gasteiger partial charge < -0.3 is 9.73 Å². The van der Waals surface area contributed by atoms with Crippen LogP contribution in [0.1, 0.15) is 10.6 Å². The quantitative estimate of drug-likeness (QED) is 0.377. The lowest BCUT2D eigenvalue weighted by atomic mass is 10.2. The van der Waals surface area contributed by atoms with E-state index < -0.39 is 5.91 Å². The number of anilines is 1. The minimum absolute atomic E-state index is 0.125. The van der Waals surface area contributed by atoms with Crippen LogP contribution in [0, 0.1) is 0 Å². The first-order chi connectivity index (χ1) is 13.5. The summed E-state index contributed by atoms with van der Waals surface area (Å²) in [5, 5.41) is 7.43. The van der Waals surface area contributed by atoms with Crippen molar-refractivity contribution in [2.45, 2.75) is 0 Å². The van der Waals surface area contributed by atoms with Crippen molar-refractivity contribution in [3.63, 3.8) is 0 Å². The smallest absolute Gasteiger partial charge is 0.293 e. The van der Waals surface area contributed by atoms with Crippen LogP contribution >= 0.6 is 46.8 Å². The van der Waals surface area contributed by atoms with Gasteiger partial charge in [0, 0.05) is 15.6 Å². The van der Waals surface area contributed by atoms with Crippen LogP contribution in [0.2, 0.25) is 10.0 Å². The number of thiocarbonyl (C=S) groups is 1. The number of nitrogens with zero attached hydrogens (tertiary/aromatic N) is 1. The number of aromatic nitrogens is 1. The number of carbonyl (C=O) groups is 1. The van der Waals surface area contributed by atoms with E-state index >= 15 is 0 Å². The highest BCUT2D eigenvalue weighted by Crippen LogP contribution is 2.28. The van der Waals surface area contributed by atoms with E-state index in [-0.39, 0.29) is 10.9 Å². The normalized spacial score (nSPS) is 10.8. The number of hydrogen-bond acceptors (Lipinski definition) is 5. The number of nitrogens with one attached hydrogen (secondary N) is 2. The molecule has 1 amide bonds. The summed E-state index contributed by atoms with van der Waals surface area (Å²) in [6.07, 6.45) is 0. The molecule has 0 atom stereocenters. The van der Waals surface area contributed by atoms with Crippen LogP contribution in [-0.4, -0.2) is 16.0 Å². The Kier molecular flexibility index (Phi) is 5.32. The van der Waals surface area contributed by atoms with Crippen molar-refractivity contribution in [2.24, 2.45) is 0 Å². The van der Waals surface area contributed by atoms with Gasteiger partial charge in [-0.1, -0.05) is 34.5 Å². The fourth-order valence-electron chi connectivity index (χ4n) is 2.47. The Balaban J connectivity index is 1.42. The Labute approximate surface area is 179 Å². The average Bonchev–Trinajstić information content (AvgIpc) is 3.28. The summed E-state index contributed by atoms with van der Waals surface area (Å²) in [7, 11) is 0. The maximum Gasteiger partial charge on any atom is 0.293 e. The average molecular weight is 448 g/mol. The molecule has 9 heteroatoms. The van der Waals surface area contributed by atoms with E-state index in [1.54, 1.807) is 30.3 Å². The molecule has 0 saturated carbocycles. The van der Waals surface area contributed by atoms with Crippen LogP contribution in [0.3, 0.4) is 0 Å². The van der Waals surface area contributed by atoms with Gasteiger partial charge in [0.15, 0.2) is 16.0 Å². The van der Waals surface area contributed by atoms with Gasteiger partial charge in [0.1, 0.15) is 5.76 Å². The van der Waals surface area contributed by atoms with Crippen LogP contribution in [0.4, 0.5) is 5.13 Å². The molecule has 140 valence electrons. The van der Waals surface area contributed by atoms with Gasteiger partial charge in [0.2, 0.25) is 0 Å². The number of fused-ring (bicyclic) bond motifs is 1. The van der Waals surface area contributed by atoms with E-state index in [1.807, 2.05) is 24.3 Å². The number of thiazole rings is 1. The highest BCUT2D eigenvalue weighted by Gasteiger charge is 2.15. The van der Waals surface area contributed by atoms with Gasteiger partial charge in [-0.15, -0.1) is 0 Å². The molecule has 0 aliphatic rings. The lowest BCUT2D eigenvalue weighted by Crippen LogP contribution is -2.33. The van der Waals surface area contributed by atoms with Crippen molar-refractivity contribution >= 4 is 73.1 Å². The molecule has 0 aliphatic heterocycles. The van der Waals surface area contributed by atoms with Gasteiger partial charge in [-0.2, -0.15) is 0 Å². The first-order valence-electron chi connectivity index (χ1n) is 8.02. The van der Waals surface area contributed by atoms with Crippen LogP contribution < -0.4 is 10.6 Å². The van der Waals surface area contributed by atoms with Crippen LogP contribution in [-0.2, 0) is 0 Å². The molecule has 0 aliphatic carbocycles. The molecule has 0 saturated heterocycles. The lowest BCUT2D eigenvalue weighted by Gasteiger charge is -2.05. The lowest BCUT2D eigenvalue weighted by molar-refractivity contribution is 0.0951. The molecule has 0 unspecified atom stereocenters. The fourth-order valence-corrected chi connectivity index (χ4v) is 4.00. The van der Waals surface area contributed by atoms with Crippen molar-refractivity contribution in [1.29, 1.82) is 0 Å². The molecule has 2 heterocycles. The fraction of sp³-hybridized carbons (Fsp3) is 0. The molecule has 4 rings (SSSR count). The predicted octanol–water partition coefficient (Wildman–Crippen LogP) is 5.99. The molecule has 0 bridgehead atoms. The summed E-state index contributed by atoms with van der Waals surface area (Å²) >= 11 is 18.5. The second-order valence-electron chi connectivity index (χ2n) is 5.71. The largest absolute Gasteiger partial charge is 0.451 e. The molecule has 4 aromatic rings. The highest BCUT2D eigenvalue weighted by molar-refractivity contribution is 7.80. The molecule has 0 fully saturated rings. The zero-order valence-corrected chi connectivity index (χ0v) is 17.2. The van der Waals surface area contributed by atoms with Crippen LogP contribution in [0.15, 0.2) is 59.0 Å². The third-order valence-corrected chi connectivity index (χ3v) is 5.38. The number of amides is 1. The number of benzene rings is 2. The Bertz CT molecular complexity index is 1190. The van der Waals surface area contributed by atoms with Gasteiger partial charge in [0.25, 0.3) is 5.91 Å². The number of hydrogen-bond donors (Lipinski definition) is 2. The SMILES string of the molecule is O=C(NC(=S)Nc1nc2ccc(Cl)cc2s1)c1ccc(-c2ccc(Cl)cc2)o1. The minimum atomic E-state index is -0.457. The van der Waals surface area contributed by atoms with E-state index in [1.165, 1.54) is 11.3 Å². The highest BCUT2D eigenvalue weighted by atomic mass is 35.5. The zero-order chi connectivity index (χ0) is 19.7. The predicted molar refractivity (Wildman–Crippen MR) is 117 cm³/mol. The summed E-state index contributed by atoms with van der Waals surface area (Å²) in [5.74, 6) is 0.246. The number of halogens is 2. The molecular weight excluding hydrogens is 437 g/mol. The summed E-state index contributed by atoms with van der Waals surface area (Å²) < 4.78 is 6.53. The standard InChI is InChI=1S/C19H11Cl2N3O2S2/c20-11-3-1-10(2-4-11)14-7-8-15(26-14)17(25)23-18(27)24-19-22-13-6-5-12(21)9-16(13)28-19/h1-9H,(H2,22,23,24,25,27). The van der Waals surface area contributed by atoms with Crippen molar-refractivity contribution in [3.8, 4) is 11.3 Å². The van der Waals surface area contributed by atoms with E-state index in [4.69, 9.17) is 39.8 Å². The topological polar surface area (TPSA) is 67.2 Å². The van der Waals surface area contributed by atoms with Crippen molar-refractivity contribution < 1.29 is 9.21 Å². The van der Waals surface area contributed by atoms with E-state index in [0.717, 1.165) is 15.8 Å². The second kappa shape index (κ2) is 7.89.